The van der Waals surface area contributed by atoms with E-state index < -0.39 is 18.3 Å². The number of nitrogens with one attached hydrogen (secondary N) is 1. The summed E-state index contributed by atoms with van der Waals surface area (Å²) in [6, 6.07) is 13.2. The number of phenolic OH excluding ortho intramolecular Hbond substituents is 1. The van der Waals surface area contributed by atoms with Crippen molar-refractivity contribution in [3.8, 4) is 23.3 Å². The number of phenols is 1. The maximum absolute atomic E-state index is 11.2. The number of benzene rings is 1. The Morgan fingerprint density at radius 2 is 2.00 bits per heavy atom. The second kappa shape index (κ2) is 18.0. The fourth-order valence-electron chi connectivity index (χ4n) is 6.23. The number of nitrogen functional groups attached to an aromatic ring is 1. The molecule has 0 amide bonds. The molecule has 9 heteroatoms. The number of aliphatic hydroxyl groups is 3. The van der Waals surface area contributed by atoms with Crippen molar-refractivity contribution in [2.45, 2.75) is 102 Å². The van der Waals surface area contributed by atoms with Crippen molar-refractivity contribution in [2.24, 2.45) is 11.8 Å². The second-order valence-electron chi connectivity index (χ2n) is 12.7. The molecule has 0 radical (unpaired) electrons. The number of anilines is 1. The van der Waals surface area contributed by atoms with Crippen molar-refractivity contribution in [3.63, 3.8) is 0 Å². The fraction of sp³-hybridized carbons (Fsp3) is 0.541. The van der Waals surface area contributed by atoms with Crippen LogP contribution in [0.25, 0.3) is 0 Å². The van der Waals surface area contributed by atoms with Gasteiger partial charge in [0, 0.05) is 37.0 Å². The topological polar surface area (TPSA) is 155 Å². The van der Waals surface area contributed by atoms with Crippen LogP contribution in [0.3, 0.4) is 0 Å². The van der Waals surface area contributed by atoms with Gasteiger partial charge in [0.1, 0.15) is 5.82 Å². The number of ether oxygens (including phenoxy) is 1. The van der Waals surface area contributed by atoms with Gasteiger partial charge in [-0.05, 0) is 99.6 Å². The third-order valence-electron chi connectivity index (χ3n) is 9.03. The van der Waals surface area contributed by atoms with Gasteiger partial charge in [0.25, 0.3) is 0 Å². The molecule has 0 saturated heterocycles. The van der Waals surface area contributed by atoms with Gasteiger partial charge in [0.15, 0.2) is 11.5 Å². The minimum absolute atomic E-state index is 0.0639. The molecule has 250 valence electrons. The predicted molar refractivity (Wildman–Crippen MR) is 180 cm³/mol. The van der Waals surface area contributed by atoms with Gasteiger partial charge in [0.05, 0.1) is 24.9 Å². The number of nitrogens with zero attached hydrogens (tertiary/aromatic N) is 2. The van der Waals surface area contributed by atoms with Crippen LogP contribution in [0.1, 0.15) is 81.5 Å². The molecule has 0 spiro atoms. The van der Waals surface area contributed by atoms with Crippen LogP contribution in [-0.2, 0) is 12.8 Å². The molecule has 0 bridgehead atoms. The van der Waals surface area contributed by atoms with Crippen LogP contribution in [0, 0.1) is 23.7 Å². The Morgan fingerprint density at radius 3 is 2.74 bits per heavy atom. The van der Waals surface area contributed by atoms with E-state index in [0.717, 1.165) is 42.5 Å². The average Bonchev–Trinajstić information content (AvgIpc) is 3.56. The van der Waals surface area contributed by atoms with Crippen molar-refractivity contribution >= 4 is 5.82 Å². The van der Waals surface area contributed by atoms with Gasteiger partial charge in [-0.3, -0.25) is 0 Å². The number of aromatic hydroxyl groups is 1. The maximum atomic E-state index is 11.2. The van der Waals surface area contributed by atoms with E-state index in [2.05, 4.69) is 34.0 Å². The highest BCUT2D eigenvalue weighted by atomic mass is 16.5. The summed E-state index contributed by atoms with van der Waals surface area (Å²) >= 11 is 0. The maximum Gasteiger partial charge on any atom is 0.161 e. The lowest BCUT2D eigenvalue weighted by Gasteiger charge is -2.30. The summed E-state index contributed by atoms with van der Waals surface area (Å²) in [7, 11) is 0. The van der Waals surface area contributed by atoms with Gasteiger partial charge in [0.2, 0.25) is 0 Å². The van der Waals surface area contributed by atoms with E-state index >= 15 is 0 Å². The fourth-order valence-corrected chi connectivity index (χ4v) is 6.23. The molecular weight excluding hydrogens is 580 g/mol. The number of aromatic nitrogens is 2. The summed E-state index contributed by atoms with van der Waals surface area (Å²) in [5, 5.41) is 46.0. The van der Waals surface area contributed by atoms with Gasteiger partial charge in [-0.15, -0.1) is 5.92 Å². The van der Waals surface area contributed by atoms with E-state index in [4.69, 9.17) is 10.5 Å². The molecule has 3 aromatic rings. The molecule has 7 N–H and O–H groups in total. The van der Waals surface area contributed by atoms with E-state index in [0.29, 0.717) is 56.8 Å². The number of nitrogens with two attached hydrogens (primary N) is 1. The molecule has 0 unspecified atom stereocenters. The lowest BCUT2D eigenvalue weighted by Crippen LogP contribution is -2.38. The minimum atomic E-state index is -0.732. The molecule has 2 aromatic heterocycles. The largest absolute Gasteiger partial charge is 0.668 e. The highest BCUT2D eigenvalue weighted by molar-refractivity contribution is 5.42. The van der Waals surface area contributed by atoms with Gasteiger partial charge in [-0.25, -0.2) is 4.98 Å². The molecule has 1 aliphatic rings. The van der Waals surface area contributed by atoms with Crippen LogP contribution >= 0.6 is 0 Å². The molecule has 0 saturated carbocycles. The molecule has 46 heavy (non-hydrogen) atoms. The first-order chi connectivity index (χ1) is 22.2. The quantitative estimate of drug-likeness (QED) is 0.134. The Hall–Kier alpha value is -3.55. The Morgan fingerprint density at radius 1 is 1.15 bits per heavy atom. The number of rotatable bonds is 15. The summed E-state index contributed by atoms with van der Waals surface area (Å²) in [4.78, 5) is 8.55. The minimum Gasteiger partial charge on any atom is -0.668 e. The zero-order valence-corrected chi connectivity index (χ0v) is 27.2. The van der Waals surface area contributed by atoms with Crippen LogP contribution in [-0.4, -0.2) is 62.9 Å². The molecule has 2 heterocycles. The molecule has 9 nitrogen and oxygen atoms in total. The molecule has 1 aromatic carbocycles. The molecule has 7 atom stereocenters. The molecule has 1 aliphatic carbocycles. The Labute approximate surface area is 273 Å². The van der Waals surface area contributed by atoms with Crippen LogP contribution in [0.4, 0.5) is 5.82 Å². The van der Waals surface area contributed by atoms with Crippen molar-refractivity contribution < 1.29 is 25.2 Å². The van der Waals surface area contributed by atoms with Gasteiger partial charge < -0.3 is 41.2 Å². The van der Waals surface area contributed by atoms with Gasteiger partial charge in [-0.2, -0.15) is 11.9 Å². The van der Waals surface area contributed by atoms with E-state index in [1.165, 1.54) is 0 Å². The molecular formula is C37H51N4O5-. The molecule has 4 rings (SSSR count). The highest BCUT2D eigenvalue weighted by Gasteiger charge is 2.28. The first kappa shape index (κ1) is 35.3. The Balaban J connectivity index is 1.35. The normalized spacial score (nSPS) is 22.3. The summed E-state index contributed by atoms with van der Waals surface area (Å²) in [5.41, 5.74) is 8.95. The lowest BCUT2D eigenvalue weighted by atomic mass is 9.84. The third-order valence-corrected chi connectivity index (χ3v) is 9.03. The first-order valence-corrected chi connectivity index (χ1v) is 16.7. The lowest BCUT2D eigenvalue weighted by molar-refractivity contribution is 0.00428. The first-order valence-electron chi connectivity index (χ1n) is 16.7. The number of hydrogen-bond donors (Lipinski definition) is 6. The summed E-state index contributed by atoms with van der Waals surface area (Å²) in [6.07, 6.45) is 7.66. The average molecular weight is 632 g/mol. The van der Waals surface area contributed by atoms with Crippen LogP contribution in [0.2, 0.25) is 0 Å². The summed E-state index contributed by atoms with van der Waals surface area (Å²) < 4.78 is 6.08. The Kier molecular flexibility index (Phi) is 13.8. The van der Waals surface area contributed by atoms with Crippen LogP contribution in [0.15, 0.2) is 54.9 Å². The van der Waals surface area contributed by atoms with E-state index in [1.807, 2.05) is 36.4 Å². The summed E-state index contributed by atoms with van der Waals surface area (Å²) in [5.74, 6) is 7.56. The van der Waals surface area contributed by atoms with Crippen molar-refractivity contribution in [1.29, 1.82) is 0 Å². The van der Waals surface area contributed by atoms with E-state index in [-0.39, 0.29) is 29.5 Å². The highest BCUT2D eigenvalue weighted by Crippen LogP contribution is 2.31. The number of pyridine rings is 1. The van der Waals surface area contributed by atoms with Crippen molar-refractivity contribution in [1.82, 2.24) is 15.3 Å². The number of aryl methyl sites for hydroxylation is 1. The van der Waals surface area contributed by atoms with Crippen molar-refractivity contribution in [2.75, 3.05) is 18.9 Å². The molecule has 0 aliphatic heterocycles. The second-order valence-corrected chi connectivity index (χ2v) is 12.7. The Bertz CT molecular complexity index is 1390. The van der Waals surface area contributed by atoms with Gasteiger partial charge in [-0.1, -0.05) is 31.0 Å². The number of hydrogen-bond acceptors (Lipinski definition) is 8. The zero-order chi connectivity index (χ0) is 32.9. The zero-order valence-electron chi connectivity index (χ0n) is 27.2. The van der Waals surface area contributed by atoms with Crippen molar-refractivity contribution in [3.05, 3.63) is 71.7 Å². The molecule has 0 fully saturated rings. The van der Waals surface area contributed by atoms with E-state index in [1.54, 1.807) is 25.4 Å². The summed E-state index contributed by atoms with van der Waals surface area (Å²) in [6.45, 7) is 4.77. The van der Waals surface area contributed by atoms with Crippen LogP contribution in [0.5, 0.6) is 11.5 Å². The third kappa shape index (κ3) is 11.1. The van der Waals surface area contributed by atoms with Crippen LogP contribution < -0.4 is 20.8 Å². The monoisotopic (exact) mass is 631 g/mol. The van der Waals surface area contributed by atoms with E-state index in [9.17, 15) is 20.4 Å². The number of aliphatic hydroxyl groups excluding tert-OH is 3. The SMILES string of the molecule is CC[C@H]1C#CC[C@H]([C@H](O)CCc2ccc(O)c(OCC[C@H](Cc3ccc[n-]3)c3ccnc(N)c3)c2)[C@@H](O)CC[C@H](NC[C@H](C)O)C1. The standard InChI is InChI=1S/C37H51N4O5/c1-3-26-6-4-8-32(34(44)14-11-31(20-26)41-24-25(2)42)33(43)12-9-27-10-13-35(45)36(21-27)46-19-16-29(22-30-7-5-17-39-30)28-15-18-40-37(38)23-28/h5,7,10,13,15,17-18,21,23,25-26,29,31-34,41-45H,3,8-9,11-12,14,16,19-20,22,24H2,1-2H3,(H2,38,40)/q-1/t25-,26-,29+,31-,32+,33+,34-/m0/s1. The predicted octanol–water partition coefficient (Wildman–Crippen LogP) is 4.34. The smallest absolute Gasteiger partial charge is 0.161 e. The van der Waals surface area contributed by atoms with Gasteiger partial charge >= 0.3 is 0 Å².